The summed E-state index contributed by atoms with van der Waals surface area (Å²) in [4.78, 5) is 24.7. The van der Waals surface area contributed by atoms with Gasteiger partial charge in [-0.2, -0.15) is 0 Å². The summed E-state index contributed by atoms with van der Waals surface area (Å²) >= 11 is 4.26. The summed E-state index contributed by atoms with van der Waals surface area (Å²) in [6.45, 7) is 6.41. The highest BCUT2D eigenvalue weighted by molar-refractivity contribution is 9.10. The highest BCUT2D eigenvalue weighted by atomic mass is 79.9. The van der Waals surface area contributed by atoms with Crippen molar-refractivity contribution in [1.82, 2.24) is 0 Å². The average Bonchev–Trinajstić information content (AvgIpc) is 3.21. The van der Waals surface area contributed by atoms with Crippen LogP contribution >= 0.6 is 27.3 Å². The van der Waals surface area contributed by atoms with Gasteiger partial charge in [0.15, 0.2) is 10.4 Å². The van der Waals surface area contributed by atoms with Gasteiger partial charge in [-0.3, -0.25) is 4.79 Å². The molecule has 0 aliphatic rings. The van der Waals surface area contributed by atoms with Gasteiger partial charge in [-0.15, -0.1) is 11.3 Å². The number of carboxylic acid groups (broad SMARTS) is 1. The van der Waals surface area contributed by atoms with E-state index in [0.717, 1.165) is 21.8 Å². The Kier molecular flexibility index (Phi) is 5.26. The Morgan fingerprint density at radius 3 is 2.30 bits per heavy atom. The molecule has 0 unspecified atom stereocenters. The summed E-state index contributed by atoms with van der Waals surface area (Å²) in [7, 11) is 0. The highest BCUT2D eigenvalue weighted by Crippen LogP contribution is 2.36. The maximum Gasteiger partial charge on any atom is 0.348 e. The first-order valence-corrected chi connectivity index (χ1v) is 9.81. The standard InChI is InChI=1S/C20H18BrNO4S/c1-20(2,3)12-6-4-11(5-7-12)15-10-13(17(27-15)19(24)25)22-18(23)14-8-9-16(21)26-14/h4-10H,1-3H3,(H,22,23)(H,24,25). The summed E-state index contributed by atoms with van der Waals surface area (Å²) in [5, 5.41) is 12.1. The van der Waals surface area contributed by atoms with Crippen molar-refractivity contribution in [3.05, 3.63) is 63.3 Å². The van der Waals surface area contributed by atoms with E-state index in [9.17, 15) is 14.7 Å². The molecule has 1 amide bonds. The first-order chi connectivity index (χ1) is 12.6. The van der Waals surface area contributed by atoms with Crippen molar-refractivity contribution in [3.8, 4) is 10.4 Å². The van der Waals surface area contributed by atoms with E-state index in [4.69, 9.17) is 4.42 Å². The van der Waals surface area contributed by atoms with Crippen LogP contribution in [0, 0.1) is 0 Å². The molecule has 0 fully saturated rings. The molecule has 2 N–H and O–H groups in total. The van der Waals surface area contributed by atoms with Gasteiger partial charge in [-0.25, -0.2) is 4.79 Å². The molecule has 7 heteroatoms. The molecule has 3 aromatic rings. The van der Waals surface area contributed by atoms with Crippen LogP contribution in [0.2, 0.25) is 0 Å². The van der Waals surface area contributed by atoms with Gasteiger partial charge < -0.3 is 14.8 Å². The van der Waals surface area contributed by atoms with Crippen LogP contribution in [0.15, 0.2) is 51.6 Å². The number of carboxylic acids is 1. The number of thiophene rings is 1. The van der Waals surface area contributed by atoms with Crippen LogP contribution in [0.5, 0.6) is 0 Å². The zero-order valence-corrected chi connectivity index (χ0v) is 17.4. The minimum atomic E-state index is -1.09. The second-order valence-electron chi connectivity index (χ2n) is 7.04. The summed E-state index contributed by atoms with van der Waals surface area (Å²) in [5.41, 5.74) is 2.38. The van der Waals surface area contributed by atoms with Crippen molar-refractivity contribution in [2.45, 2.75) is 26.2 Å². The number of carbonyl (C=O) groups excluding carboxylic acids is 1. The van der Waals surface area contributed by atoms with E-state index in [2.05, 4.69) is 42.0 Å². The zero-order valence-electron chi connectivity index (χ0n) is 15.0. The minimum Gasteiger partial charge on any atom is -0.477 e. The van der Waals surface area contributed by atoms with Crippen LogP contribution in [-0.4, -0.2) is 17.0 Å². The van der Waals surface area contributed by atoms with E-state index in [-0.39, 0.29) is 21.7 Å². The molecule has 0 saturated carbocycles. The molecule has 5 nitrogen and oxygen atoms in total. The number of hydrogen-bond acceptors (Lipinski definition) is 4. The first kappa shape index (κ1) is 19.4. The number of hydrogen-bond donors (Lipinski definition) is 2. The molecule has 0 atom stereocenters. The maximum atomic E-state index is 12.3. The molecule has 0 aliphatic carbocycles. The molecule has 27 heavy (non-hydrogen) atoms. The van der Waals surface area contributed by atoms with Gasteiger partial charge >= 0.3 is 5.97 Å². The van der Waals surface area contributed by atoms with Crippen LogP contribution in [0.25, 0.3) is 10.4 Å². The number of benzene rings is 1. The highest BCUT2D eigenvalue weighted by Gasteiger charge is 2.20. The fraction of sp³-hybridized carbons (Fsp3) is 0.200. The Hall–Kier alpha value is -2.38. The number of furan rings is 1. The number of carbonyl (C=O) groups is 2. The fourth-order valence-corrected chi connectivity index (χ4v) is 3.80. The molecule has 1 aromatic carbocycles. The van der Waals surface area contributed by atoms with Crippen LogP contribution in [0.3, 0.4) is 0 Å². The molecule has 0 saturated heterocycles. The minimum absolute atomic E-state index is 0.0383. The number of halogens is 1. The van der Waals surface area contributed by atoms with Crippen molar-refractivity contribution < 1.29 is 19.1 Å². The van der Waals surface area contributed by atoms with E-state index in [1.54, 1.807) is 12.1 Å². The van der Waals surface area contributed by atoms with Crippen molar-refractivity contribution in [2.24, 2.45) is 0 Å². The third-order valence-electron chi connectivity index (χ3n) is 4.01. The van der Waals surface area contributed by atoms with E-state index in [1.807, 2.05) is 24.3 Å². The molecule has 0 bridgehead atoms. The van der Waals surface area contributed by atoms with Crippen LogP contribution in [0.1, 0.15) is 46.6 Å². The topological polar surface area (TPSA) is 79.5 Å². The number of nitrogens with one attached hydrogen (secondary N) is 1. The summed E-state index contributed by atoms with van der Waals surface area (Å²) in [6.07, 6.45) is 0. The third-order valence-corrected chi connectivity index (χ3v) is 5.61. The van der Waals surface area contributed by atoms with Crippen molar-refractivity contribution in [3.63, 3.8) is 0 Å². The summed E-state index contributed by atoms with van der Waals surface area (Å²) in [5.74, 6) is -1.50. The normalized spacial score (nSPS) is 11.4. The van der Waals surface area contributed by atoms with Gasteiger partial charge in [0, 0.05) is 4.88 Å². The average molecular weight is 448 g/mol. The predicted octanol–water partition coefficient (Wildman–Crippen LogP) is 6.02. The number of aromatic carboxylic acids is 1. The quantitative estimate of drug-likeness (QED) is 0.512. The lowest BCUT2D eigenvalue weighted by atomic mass is 9.86. The largest absolute Gasteiger partial charge is 0.477 e. The fourth-order valence-electron chi connectivity index (χ4n) is 2.54. The van der Waals surface area contributed by atoms with Gasteiger partial charge in [-0.1, -0.05) is 45.0 Å². The van der Waals surface area contributed by atoms with Gasteiger partial charge in [-0.05, 0) is 50.7 Å². The second-order valence-corrected chi connectivity index (χ2v) is 8.88. The zero-order chi connectivity index (χ0) is 19.8. The van der Waals surface area contributed by atoms with Crippen LogP contribution in [-0.2, 0) is 5.41 Å². The van der Waals surface area contributed by atoms with Gasteiger partial charge in [0.05, 0.1) is 5.69 Å². The van der Waals surface area contributed by atoms with E-state index < -0.39 is 11.9 Å². The second kappa shape index (κ2) is 7.32. The number of anilines is 1. The van der Waals surface area contributed by atoms with E-state index >= 15 is 0 Å². The summed E-state index contributed by atoms with van der Waals surface area (Å²) in [6, 6.07) is 12.8. The molecule has 3 rings (SSSR count). The monoisotopic (exact) mass is 447 g/mol. The lowest BCUT2D eigenvalue weighted by Crippen LogP contribution is -2.12. The maximum absolute atomic E-state index is 12.3. The molecule has 0 radical (unpaired) electrons. The predicted molar refractivity (Wildman–Crippen MR) is 110 cm³/mol. The molecule has 0 aliphatic heterocycles. The number of amides is 1. The van der Waals surface area contributed by atoms with Gasteiger partial charge in [0.1, 0.15) is 4.88 Å². The Morgan fingerprint density at radius 2 is 1.78 bits per heavy atom. The molecular formula is C20H18BrNO4S. The van der Waals surface area contributed by atoms with Crippen molar-refractivity contribution in [2.75, 3.05) is 5.32 Å². The van der Waals surface area contributed by atoms with Gasteiger partial charge in [0.25, 0.3) is 5.91 Å². The van der Waals surface area contributed by atoms with Crippen LogP contribution in [0.4, 0.5) is 5.69 Å². The lowest BCUT2D eigenvalue weighted by molar-refractivity contribution is 0.0703. The Bertz CT molecular complexity index is 996. The lowest BCUT2D eigenvalue weighted by Gasteiger charge is -2.18. The van der Waals surface area contributed by atoms with Gasteiger partial charge in [0.2, 0.25) is 0 Å². The smallest absolute Gasteiger partial charge is 0.348 e. The Balaban J connectivity index is 1.91. The SMILES string of the molecule is CC(C)(C)c1ccc(-c2cc(NC(=O)c3ccc(Br)o3)c(C(=O)O)s2)cc1. The van der Waals surface area contributed by atoms with Crippen molar-refractivity contribution in [1.29, 1.82) is 0 Å². The molecule has 140 valence electrons. The Morgan fingerprint density at radius 1 is 1.11 bits per heavy atom. The molecule has 2 aromatic heterocycles. The first-order valence-electron chi connectivity index (χ1n) is 8.20. The van der Waals surface area contributed by atoms with Crippen LogP contribution < -0.4 is 5.32 Å². The molecular weight excluding hydrogens is 430 g/mol. The van der Waals surface area contributed by atoms with E-state index in [0.29, 0.717) is 4.67 Å². The summed E-state index contributed by atoms with van der Waals surface area (Å²) < 4.78 is 5.64. The molecule has 2 heterocycles. The van der Waals surface area contributed by atoms with Crippen molar-refractivity contribution >= 4 is 44.8 Å². The Labute approximate surface area is 169 Å². The number of rotatable bonds is 4. The van der Waals surface area contributed by atoms with E-state index in [1.165, 1.54) is 11.6 Å². The molecule has 0 spiro atoms. The third kappa shape index (κ3) is 4.31.